The lowest BCUT2D eigenvalue weighted by Crippen LogP contribution is -2.36. The Balaban J connectivity index is 1.59. The Kier molecular flexibility index (Phi) is 3.59. The highest BCUT2D eigenvalue weighted by molar-refractivity contribution is 5.97. The van der Waals surface area contributed by atoms with Gasteiger partial charge in [0.1, 0.15) is 0 Å². The number of carbonyl (C=O) groups is 1. The maximum absolute atomic E-state index is 12.7. The molecule has 0 spiro atoms. The molecule has 0 saturated heterocycles. The quantitative estimate of drug-likeness (QED) is 0.942. The molecule has 1 aromatic heterocycles. The maximum Gasteiger partial charge on any atom is 0.227 e. The Morgan fingerprint density at radius 2 is 2.26 bits per heavy atom. The van der Waals surface area contributed by atoms with Crippen LogP contribution in [0.1, 0.15) is 44.6 Å². The number of aromatic nitrogens is 4. The fourth-order valence-electron chi connectivity index (χ4n) is 3.73. The summed E-state index contributed by atoms with van der Waals surface area (Å²) in [5.41, 5.74) is 3.13. The highest BCUT2D eigenvalue weighted by Crippen LogP contribution is 2.39. The molecule has 1 fully saturated rings. The van der Waals surface area contributed by atoms with Gasteiger partial charge in [-0.25, -0.2) is 0 Å². The molecule has 0 bridgehead atoms. The Morgan fingerprint density at radius 3 is 2.96 bits per heavy atom. The Labute approximate surface area is 135 Å². The molecule has 0 radical (unpaired) electrons. The third kappa shape index (κ3) is 2.52. The van der Waals surface area contributed by atoms with E-state index in [1.165, 1.54) is 19.3 Å². The normalized spacial score (nSPS) is 20.4. The standard InChI is InChI=1S/C17H21N5O/c1-11-10-14-13(17-18-20-21-19-17)6-3-7-15(14)22(11)16(23)9-8-12-4-2-5-12/h3,6-7,11-12H,2,4-5,8-10H2,1H3,(H,18,19,20,21). The number of hydrogen-bond acceptors (Lipinski definition) is 4. The zero-order chi connectivity index (χ0) is 15.8. The number of H-pyrrole nitrogens is 1. The van der Waals surface area contributed by atoms with Crippen LogP contribution in [-0.4, -0.2) is 32.6 Å². The van der Waals surface area contributed by atoms with Crippen molar-refractivity contribution < 1.29 is 4.79 Å². The van der Waals surface area contributed by atoms with Crippen LogP contribution >= 0.6 is 0 Å². The van der Waals surface area contributed by atoms with E-state index in [0.29, 0.717) is 12.2 Å². The average molecular weight is 311 g/mol. The van der Waals surface area contributed by atoms with Crippen LogP contribution in [0.15, 0.2) is 18.2 Å². The van der Waals surface area contributed by atoms with Crippen molar-refractivity contribution in [3.05, 3.63) is 23.8 Å². The number of carbonyl (C=O) groups excluding carboxylic acids is 1. The van der Waals surface area contributed by atoms with Gasteiger partial charge in [-0.1, -0.05) is 31.4 Å². The van der Waals surface area contributed by atoms with Gasteiger partial charge < -0.3 is 4.90 Å². The largest absolute Gasteiger partial charge is 0.309 e. The second-order valence-corrected chi connectivity index (χ2v) is 6.69. The Morgan fingerprint density at radius 1 is 1.39 bits per heavy atom. The van der Waals surface area contributed by atoms with Crippen LogP contribution in [0.25, 0.3) is 11.4 Å². The van der Waals surface area contributed by atoms with E-state index in [4.69, 9.17) is 0 Å². The second-order valence-electron chi connectivity index (χ2n) is 6.69. The van der Waals surface area contributed by atoms with Crippen molar-refractivity contribution in [2.45, 2.75) is 51.5 Å². The van der Waals surface area contributed by atoms with Crippen LogP contribution in [-0.2, 0) is 11.2 Å². The summed E-state index contributed by atoms with van der Waals surface area (Å²) < 4.78 is 0. The van der Waals surface area contributed by atoms with Crippen molar-refractivity contribution in [2.75, 3.05) is 4.90 Å². The van der Waals surface area contributed by atoms with Gasteiger partial charge >= 0.3 is 0 Å². The first kappa shape index (κ1) is 14.4. The number of aromatic amines is 1. The van der Waals surface area contributed by atoms with Crippen LogP contribution in [0.5, 0.6) is 0 Å². The van der Waals surface area contributed by atoms with Gasteiger partial charge in [0.25, 0.3) is 0 Å². The molecule has 1 atom stereocenters. The van der Waals surface area contributed by atoms with Gasteiger partial charge in [-0.3, -0.25) is 4.79 Å². The first-order valence-corrected chi connectivity index (χ1v) is 8.42. The molecule has 2 heterocycles. The van der Waals surface area contributed by atoms with Crippen molar-refractivity contribution in [3.63, 3.8) is 0 Å². The SMILES string of the molecule is CC1Cc2c(-c3nn[nH]n3)cccc2N1C(=O)CCC1CCC1. The van der Waals surface area contributed by atoms with Gasteiger partial charge in [0, 0.05) is 23.7 Å². The van der Waals surface area contributed by atoms with E-state index in [1.807, 2.05) is 23.1 Å². The van der Waals surface area contributed by atoms with E-state index in [-0.39, 0.29) is 11.9 Å². The summed E-state index contributed by atoms with van der Waals surface area (Å²) >= 11 is 0. The number of amides is 1. The number of rotatable bonds is 4. The molecular formula is C17H21N5O. The molecule has 1 aromatic carbocycles. The van der Waals surface area contributed by atoms with Crippen LogP contribution < -0.4 is 4.90 Å². The molecule has 1 unspecified atom stereocenters. The molecule has 1 aliphatic carbocycles. The fraction of sp³-hybridized carbons (Fsp3) is 0.529. The van der Waals surface area contributed by atoms with Crippen molar-refractivity contribution in [2.24, 2.45) is 5.92 Å². The molecular weight excluding hydrogens is 290 g/mol. The van der Waals surface area contributed by atoms with E-state index in [2.05, 4.69) is 27.5 Å². The second kappa shape index (κ2) is 5.76. The summed E-state index contributed by atoms with van der Waals surface area (Å²) in [6, 6.07) is 6.18. The Bertz CT molecular complexity index is 708. The summed E-state index contributed by atoms with van der Waals surface area (Å²) in [7, 11) is 0. The van der Waals surface area contributed by atoms with Crippen LogP contribution in [0.3, 0.4) is 0 Å². The number of nitrogens with one attached hydrogen (secondary N) is 1. The van der Waals surface area contributed by atoms with Gasteiger partial charge in [-0.05, 0) is 42.5 Å². The van der Waals surface area contributed by atoms with Gasteiger partial charge in [-0.15, -0.1) is 10.2 Å². The lowest BCUT2D eigenvalue weighted by Gasteiger charge is -2.27. The van der Waals surface area contributed by atoms with E-state index in [1.54, 1.807) is 0 Å². The lowest BCUT2D eigenvalue weighted by atomic mass is 9.82. The molecule has 2 aromatic rings. The highest BCUT2D eigenvalue weighted by atomic mass is 16.2. The molecule has 1 amide bonds. The molecule has 1 aliphatic heterocycles. The molecule has 23 heavy (non-hydrogen) atoms. The maximum atomic E-state index is 12.7. The van der Waals surface area contributed by atoms with E-state index in [0.717, 1.165) is 35.6 Å². The van der Waals surface area contributed by atoms with Crippen LogP contribution in [0.4, 0.5) is 5.69 Å². The fourth-order valence-corrected chi connectivity index (χ4v) is 3.73. The third-order valence-corrected chi connectivity index (χ3v) is 5.20. The van der Waals surface area contributed by atoms with Gasteiger partial charge in [0.15, 0.2) is 0 Å². The summed E-state index contributed by atoms with van der Waals surface area (Å²) in [5, 5.41) is 14.3. The smallest absolute Gasteiger partial charge is 0.227 e. The van der Waals surface area contributed by atoms with Gasteiger partial charge in [0.05, 0.1) is 0 Å². The zero-order valence-electron chi connectivity index (χ0n) is 13.3. The average Bonchev–Trinajstić information content (AvgIpc) is 3.11. The summed E-state index contributed by atoms with van der Waals surface area (Å²) in [5.74, 6) is 1.60. The third-order valence-electron chi connectivity index (χ3n) is 5.20. The molecule has 120 valence electrons. The number of anilines is 1. The zero-order valence-corrected chi connectivity index (χ0v) is 13.3. The molecule has 6 heteroatoms. The highest BCUT2D eigenvalue weighted by Gasteiger charge is 2.33. The van der Waals surface area contributed by atoms with Crippen molar-refractivity contribution >= 4 is 11.6 Å². The van der Waals surface area contributed by atoms with Gasteiger partial charge in [-0.2, -0.15) is 5.21 Å². The Hall–Kier alpha value is -2.24. The summed E-state index contributed by atoms with van der Waals surface area (Å²) in [6.07, 6.45) is 6.44. The van der Waals surface area contributed by atoms with E-state index >= 15 is 0 Å². The van der Waals surface area contributed by atoms with Crippen molar-refractivity contribution in [1.82, 2.24) is 20.6 Å². The molecule has 6 nitrogen and oxygen atoms in total. The van der Waals surface area contributed by atoms with Crippen LogP contribution in [0.2, 0.25) is 0 Å². The predicted octanol–water partition coefficient (Wildman–Crippen LogP) is 2.72. The lowest BCUT2D eigenvalue weighted by molar-refractivity contribution is -0.119. The number of nitrogens with zero attached hydrogens (tertiary/aromatic N) is 4. The molecule has 4 rings (SSSR count). The summed E-state index contributed by atoms with van der Waals surface area (Å²) in [6.45, 7) is 2.11. The topological polar surface area (TPSA) is 74.8 Å². The minimum Gasteiger partial charge on any atom is -0.309 e. The number of hydrogen-bond donors (Lipinski definition) is 1. The monoisotopic (exact) mass is 311 g/mol. The first-order valence-electron chi connectivity index (χ1n) is 8.42. The first-order chi connectivity index (χ1) is 11.2. The summed E-state index contributed by atoms with van der Waals surface area (Å²) in [4.78, 5) is 14.7. The predicted molar refractivity (Wildman–Crippen MR) is 86.8 cm³/mol. The number of fused-ring (bicyclic) bond motifs is 1. The molecule has 1 saturated carbocycles. The van der Waals surface area contributed by atoms with Crippen molar-refractivity contribution in [3.8, 4) is 11.4 Å². The molecule has 2 aliphatic rings. The van der Waals surface area contributed by atoms with Crippen LogP contribution in [0, 0.1) is 5.92 Å². The number of tetrazole rings is 1. The minimum absolute atomic E-state index is 0.187. The van der Waals surface area contributed by atoms with Gasteiger partial charge in [0.2, 0.25) is 11.7 Å². The number of benzene rings is 1. The molecule has 1 N–H and O–H groups in total. The van der Waals surface area contributed by atoms with E-state index < -0.39 is 0 Å². The van der Waals surface area contributed by atoms with E-state index in [9.17, 15) is 4.79 Å². The minimum atomic E-state index is 0.187. The van der Waals surface area contributed by atoms with Crippen molar-refractivity contribution in [1.29, 1.82) is 0 Å².